The lowest BCUT2D eigenvalue weighted by Gasteiger charge is -2.32. The average Bonchev–Trinajstić information content (AvgIpc) is 2.74. The van der Waals surface area contributed by atoms with Crippen LogP contribution in [0.25, 0.3) is 0 Å². The molecule has 0 unspecified atom stereocenters. The zero-order chi connectivity index (χ0) is 14.0. The monoisotopic (exact) mass is 266 g/mol. The molecule has 0 aromatic carbocycles. The van der Waals surface area contributed by atoms with Crippen LogP contribution >= 0.6 is 0 Å². The first kappa shape index (κ1) is 13.8. The summed E-state index contributed by atoms with van der Waals surface area (Å²) in [5, 5.41) is 8.57. The number of amides is 1. The number of carbonyl (C=O) groups is 1. The van der Waals surface area contributed by atoms with Crippen molar-refractivity contribution in [3.05, 3.63) is 11.9 Å². The van der Waals surface area contributed by atoms with Crippen molar-refractivity contribution in [3.8, 4) is 0 Å². The SMILES string of the molecule is Cc1cnn(C2CCN(C(=O)OC(C)(C)C)CC2)n1. The Bertz CT molecular complexity index is 442. The fraction of sp³-hybridized carbons (Fsp3) is 0.769. The van der Waals surface area contributed by atoms with Gasteiger partial charge in [0.1, 0.15) is 5.60 Å². The van der Waals surface area contributed by atoms with Gasteiger partial charge in [0.15, 0.2) is 0 Å². The van der Waals surface area contributed by atoms with Crippen LogP contribution in [0.4, 0.5) is 4.79 Å². The highest BCUT2D eigenvalue weighted by Crippen LogP contribution is 2.22. The maximum atomic E-state index is 11.9. The van der Waals surface area contributed by atoms with E-state index in [2.05, 4.69) is 10.2 Å². The Kier molecular flexibility index (Phi) is 3.78. The maximum Gasteiger partial charge on any atom is 0.410 e. The summed E-state index contributed by atoms with van der Waals surface area (Å²) in [5.41, 5.74) is 0.490. The van der Waals surface area contributed by atoms with Crippen molar-refractivity contribution >= 4 is 6.09 Å². The molecule has 0 N–H and O–H groups in total. The molecule has 6 nitrogen and oxygen atoms in total. The topological polar surface area (TPSA) is 60.2 Å². The second kappa shape index (κ2) is 5.19. The van der Waals surface area contributed by atoms with Gasteiger partial charge in [0.2, 0.25) is 0 Å². The predicted octanol–water partition coefficient (Wildman–Crippen LogP) is 2.16. The fourth-order valence-corrected chi connectivity index (χ4v) is 2.14. The van der Waals surface area contributed by atoms with Crippen LogP contribution in [0.3, 0.4) is 0 Å². The van der Waals surface area contributed by atoms with Crippen LogP contribution in [0.5, 0.6) is 0 Å². The lowest BCUT2D eigenvalue weighted by Crippen LogP contribution is -2.42. The minimum Gasteiger partial charge on any atom is -0.444 e. The Hall–Kier alpha value is -1.59. The first-order valence-electron chi connectivity index (χ1n) is 6.71. The fourth-order valence-electron chi connectivity index (χ4n) is 2.14. The van der Waals surface area contributed by atoms with Crippen molar-refractivity contribution in [2.75, 3.05) is 13.1 Å². The van der Waals surface area contributed by atoms with E-state index in [0.717, 1.165) is 18.5 Å². The molecule has 0 bridgehead atoms. The standard InChI is InChI=1S/C13H22N4O2/c1-10-9-14-17(15-10)11-5-7-16(8-6-11)12(18)19-13(2,3)4/h9,11H,5-8H2,1-4H3. The number of aryl methyl sites for hydroxylation is 1. The van der Waals surface area contributed by atoms with Crippen LogP contribution in [-0.4, -0.2) is 44.7 Å². The second-order valence-corrected chi connectivity index (χ2v) is 6.00. The number of piperidine rings is 1. The Morgan fingerprint density at radius 2 is 2.00 bits per heavy atom. The van der Waals surface area contributed by atoms with E-state index in [1.54, 1.807) is 15.9 Å². The average molecular weight is 266 g/mol. The Morgan fingerprint density at radius 1 is 1.37 bits per heavy atom. The number of rotatable bonds is 1. The summed E-state index contributed by atoms with van der Waals surface area (Å²) in [6.07, 6.45) is 3.27. The molecule has 0 radical (unpaired) electrons. The number of aromatic nitrogens is 3. The van der Waals surface area contributed by atoms with Crippen LogP contribution in [-0.2, 0) is 4.74 Å². The van der Waals surface area contributed by atoms with Gasteiger partial charge >= 0.3 is 6.09 Å². The molecule has 0 saturated carbocycles. The highest BCUT2D eigenvalue weighted by Gasteiger charge is 2.28. The van der Waals surface area contributed by atoms with Crippen molar-refractivity contribution in [3.63, 3.8) is 0 Å². The zero-order valence-corrected chi connectivity index (χ0v) is 12.1. The molecule has 19 heavy (non-hydrogen) atoms. The molecule has 2 heterocycles. The lowest BCUT2D eigenvalue weighted by molar-refractivity contribution is 0.0180. The first-order valence-corrected chi connectivity index (χ1v) is 6.71. The molecule has 1 fully saturated rings. The van der Waals surface area contributed by atoms with Gasteiger partial charge in [-0.05, 0) is 40.5 Å². The summed E-state index contributed by atoms with van der Waals surface area (Å²) in [4.78, 5) is 15.5. The van der Waals surface area contributed by atoms with Gasteiger partial charge in [0, 0.05) is 13.1 Å². The van der Waals surface area contributed by atoms with Gasteiger partial charge in [-0.2, -0.15) is 15.0 Å². The van der Waals surface area contributed by atoms with Gasteiger partial charge in [0.05, 0.1) is 17.9 Å². The van der Waals surface area contributed by atoms with Gasteiger partial charge < -0.3 is 9.64 Å². The van der Waals surface area contributed by atoms with Crippen LogP contribution in [0.2, 0.25) is 0 Å². The Morgan fingerprint density at radius 3 is 2.47 bits per heavy atom. The van der Waals surface area contributed by atoms with E-state index in [-0.39, 0.29) is 12.1 Å². The summed E-state index contributed by atoms with van der Waals surface area (Å²) in [7, 11) is 0. The van der Waals surface area contributed by atoms with E-state index in [1.807, 2.05) is 27.7 Å². The van der Waals surface area contributed by atoms with E-state index < -0.39 is 5.60 Å². The maximum absolute atomic E-state index is 11.9. The quantitative estimate of drug-likeness (QED) is 0.781. The molecule has 1 saturated heterocycles. The molecule has 0 aliphatic carbocycles. The molecule has 1 aliphatic rings. The lowest BCUT2D eigenvalue weighted by atomic mass is 10.1. The van der Waals surface area contributed by atoms with Gasteiger partial charge in [-0.15, -0.1) is 0 Å². The molecule has 1 aromatic rings. The molecule has 2 rings (SSSR count). The smallest absolute Gasteiger partial charge is 0.410 e. The number of likely N-dealkylation sites (tertiary alicyclic amines) is 1. The third kappa shape index (κ3) is 3.68. The molecule has 0 atom stereocenters. The molecular weight excluding hydrogens is 244 g/mol. The normalized spacial score (nSPS) is 17.6. The van der Waals surface area contributed by atoms with E-state index in [1.165, 1.54) is 0 Å². The summed E-state index contributed by atoms with van der Waals surface area (Å²) in [5.74, 6) is 0. The molecule has 0 spiro atoms. The minimum atomic E-state index is -0.436. The van der Waals surface area contributed by atoms with Gasteiger partial charge in [-0.1, -0.05) is 0 Å². The Labute approximate surface area is 113 Å². The number of hydrogen-bond acceptors (Lipinski definition) is 4. The zero-order valence-electron chi connectivity index (χ0n) is 12.1. The number of ether oxygens (including phenoxy) is 1. The van der Waals surface area contributed by atoms with E-state index in [0.29, 0.717) is 13.1 Å². The van der Waals surface area contributed by atoms with Crippen molar-refractivity contribution in [1.29, 1.82) is 0 Å². The minimum absolute atomic E-state index is 0.226. The van der Waals surface area contributed by atoms with Crippen molar-refractivity contribution < 1.29 is 9.53 Å². The third-order valence-corrected chi connectivity index (χ3v) is 3.07. The van der Waals surface area contributed by atoms with Gasteiger partial charge in [0.25, 0.3) is 0 Å². The highest BCUT2D eigenvalue weighted by atomic mass is 16.6. The summed E-state index contributed by atoms with van der Waals surface area (Å²) in [6.45, 7) is 8.97. The van der Waals surface area contributed by atoms with Crippen LogP contribution in [0.15, 0.2) is 6.20 Å². The molecule has 1 aliphatic heterocycles. The van der Waals surface area contributed by atoms with Crippen molar-refractivity contribution in [2.24, 2.45) is 0 Å². The molecular formula is C13H22N4O2. The third-order valence-electron chi connectivity index (χ3n) is 3.07. The predicted molar refractivity (Wildman–Crippen MR) is 70.8 cm³/mol. The summed E-state index contributed by atoms with van der Waals surface area (Å²) >= 11 is 0. The first-order chi connectivity index (χ1) is 8.85. The Balaban J connectivity index is 1.87. The number of nitrogens with zero attached hydrogens (tertiary/aromatic N) is 4. The van der Waals surface area contributed by atoms with Gasteiger partial charge in [-0.25, -0.2) is 4.79 Å². The van der Waals surface area contributed by atoms with Crippen LogP contribution in [0, 0.1) is 6.92 Å². The van der Waals surface area contributed by atoms with Crippen molar-refractivity contribution in [1.82, 2.24) is 19.9 Å². The number of carbonyl (C=O) groups excluding carboxylic acids is 1. The van der Waals surface area contributed by atoms with Crippen LogP contribution in [0.1, 0.15) is 45.3 Å². The molecule has 1 amide bonds. The van der Waals surface area contributed by atoms with E-state index >= 15 is 0 Å². The molecule has 1 aromatic heterocycles. The van der Waals surface area contributed by atoms with E-state index in [4.69, 9.17) is 4.74 Å². The highest BCUT2D eigenvalue weighted by molar-refractivity contribution is 5.68. The van der Waals surface area contributed by atoms with E-state index in [9.17, 15) is 4.79 Å². The summed E-state index contributed by atoms with van der Waals surface area (Å²) < 4.78 is 5.37. The molecule has 106 valence electrons. The van der Waals surface area contributed by atoms with Crippen molar-refractivity contribution in [2.45, 2.75) is 52.2 Å². The largest absolute Gasteiger partial charge is 0.444 e. The summed E-state index contributed by atoms with van der Waals surface area (Å²) in [6, 6.07) is 0.285. The number of hydrogen-bond donors (Lipinski definition) is 0. The van der Waals surface area contributed by atoms with Crippen LogP contribution < -0.4 is 0 Å². The molecule has 6 heteroatoms. The van der Waals surface area contributed by atoms with Gasteiger partial charge in [-0.3, -0.25) is 0 Å². The second-order valence-electron chi connectivity index (χ2n) is 6.00.